The molecule has 1 aromatic carbocycles. The molecule has 0 aliphatic heterocycles. The molecule has 0 bridgehead atoms. The minimum absolute atomic E-state index is 0.169. The van der Waals surface area contributed by atoms with Crippen molar-refractivity contribution in [1.82, 2.24) is 20.3 Å². The molecule has 0 spiro atoms. The van der Waals surface area contributed by atoms with Crippen LogP contribution in [-0.2, 0) is 13.1 Å². The molecule has 18 heavy (non-hydrogen) atoms. The first kappa shape index (κ1) is 12.6. The number of benzene rings is 1. The lowest BCUT2D eigenvalue weighted by Gasteiger charge is -2.03. The van der Waals surface area contributed by atoms with Crippen LogP contribution in [0.4, 0.5) is 8.78 Å². The van der Waals surface area contributed by atoms with Crippen molar-refractivity contribution < 1.29 is 8.78 Å². The van der Waals surface area contributed by atoms with Crippen molar-refractivity contribution in [3.8, 4) is 0 Å². The van der Waals surface area contributed by atoms with E-state index in [4.69, 9.17) is 0 Å². The third kappa shape index (κ3) is 2.89. The zero-order valence-corrected chi connectivity index (χ0v) is 10.0. The van der Waals surface area contributed by atoms with E-state index in [1.807, 2.05) is 6.92 Å². The molecule has 0 fully saturated rings. The van der Waals surface area contributed by atoms with Crippen molar-refractivity contribution in [2.24, 2.45) is 0 Å². The van der Waals surface area contributed by atoms with Gasteiger partial charge in [-0.05, 0) is 12.6 Å². The van der Waals surface area contributed by atoms with E-state index in [9.17, 15) is 8.78 Å². The van der Waals surface area contributed by atoms with Crippen molar-refractivity contribution in [3.63, 3.8) is 0 Å². The average Bonchev–Trinajstić information content (AvgIpc) is 2.80. The smallest absolute Gasteiger partial charge is 0.163 e. The first-order valence-electron chi connectivity index (χ1n) is 5.73. The summed E-state index contributed by atoms with van der Waals surface area (Å²) in [4.78, 5) is 0. The van der Waals surface area contributed by atoms with Crippen LogP contribution in [0.25, 0.3) is 0 Å². The summed E-state index contributed by atoms with van der Waals surface area (Å²) in [5.74, 6) is -1.68. The summed E-state index contributed by atoms with van der Waals surface area (Å²) in [5, 5.41) is 10.9. The second-order valence-corrected chi connectivity index (χ2v) is 3.90. The molecule has 0 radical (unpaired) electrons. The van der Waals surface area contributed by atoms with Gasteiger partial charge in [0.15, 0.2) is 11.6 Å². The highest BCUT2D eigenvalue weighted by Crippen LogP contribution is 2.12. The maximum Gasteiger partial charge on any atom is 0.163 e. The first-order valence-corrected chi connectivity index (χ1v) is 5.73. The van der Waals surface area contributed by atoms with E-state index in [1.54, 1.807) is 6.20 Å². The Labute approximate surface area is 104 Å². The summed E-state index contributed by atoms with van der Waals surface area (Å²) in [6.07, 6.45) is 1.72. The highest BCUT2D eigenvalue weighted by Gasteiger charge is 2.09. The fourth-order valence-electron chi connectivity index (χ4n) is 1.59. The largest absolute Gasteiger partial charge is 0.311 e. The first-order chi connectivity index (χ1) is 8.70. The Bertz CT molecular complexity index is 525. The fourth-order valence-corrected chi connectivity index (χ4v) is 1.59. The van der Waals surface area contributed by atoms with E-state index in [2.05, 4.69) is 15.6 Å². The summed E-state index contributed by atoms with van der Waals surface area (Å²) in [6.45, 7) is 3.61. The fraction of sp³-hybridized carbons (Fsp3) is 0.333. The highest BCUT2D eigenvalue weighted by molar-refractivity contribution is 5.19. The minimum atomic E-state index is -0.847. The third-order valence-electron chi connectivity index (χ3n) is 2.51. The van der Waals surface area contributed by atoms with Crippen molar-refractivity contribution in [3.05, 3.63) is 47.3 Å². The van der Waals surface area contributed by atoms with E-state index in [-0.39, 0.29) is 12.1 Å². The van der Waals surface area contributed by atoms with Gasteiger partial charge in [-0.1, -0.05) is 24.3 Å². The lowest BCUT2D eigenvalue weighted by atomic mass is 10.2. The standard InChI is InChI=1S/C12H14F2N4/c1-2-15-6-10-8-18(17-16-10)7-9-4-3-5-11(13)12(9)14/h3-5,8,15H,2,6-7H2,1H3. The molecule has 96 valence electrons. The molecule has 0 unspecified atom stereocenters. The Kier molecular flexibility index (Phi) is 3.99. The van der Waals surface area contributed by atoms with Gasteiger partial charge in [-0.15, -0.1) is 5.10 Å². The van der Waals surface area contributed by atoms with Crippen molar-refractivity contribution in [1.29, 1.82) is 0 Å². The third-order valence-corrected chi connectivity index (χ3v) is 2.51. The number of aromatic nitrogens is 3. The van der Waals surface area contributed by atoms with Crippen LogP contribution in [0, 0.1) is 11.6 Å². The molecule has 0 aliphatic rings. The van der Waals surface area contributed by atoms with Gasteiger partial charge in [0.25, 0.3) is 0 Å². The quantitative estimate of drug-likeness (QED) is 0.881. The van der Waals surface area contributed by atoms with Gasteiger partial charge in [0.2, 0.25) is 0 Å². The summed E-state index contributed by atoms with van der Waals surface area (Å²) < 4.78 is 28.0. The molecule has 0 aliphatic carbocycles. The van der Waals surface area contributed by atoms with Crippen LogP contribution < -0.4 is 5.32 Å². The maximum absolute atomic E-state index is 13.4. The van der Waals surface area contributed by atoms with Crippen molar-refractivity contribution >= 4 is 0 Å². The molecule has 0 atom stereocenters. The molecule has 1 heterocycles. The van der Waals surface area contributed by atoms with Crippen molar-refractivity contribution in [2.45, 2.75) is 20.0 Å². The van der Waals surface area contributed by atoms with E-state index in [0.717, 1.165) is 18.3 Å². The van der Waals surface area contributed by atoms with Gasteiger partial charge < -0.3 is 5.32 Å². The molecule has 2 rings (SSSR count). The van der Waals surface area contributed by atoms with Gasteiger partial charge >= 0.3 is 0 Å². The average molecular weight is 252 g/mol. The van der Waals surface area contributed by atoms with Gasteiger partial charge in [-0.3, -0.25) is 0 Å². The number of hydrogen-bond acceptors (Lipinski definition) is 3. The van der Waals surface area contributed by atoms with E-state index < -0.39 is 11.6 Å². The summed E-state index contributed by atoms with van der Waals surface area (Å²) >= 11 is 0. The van der Waals surface area contributed by atoms with E-state index in [1.165, 1.54) is 16.8 Å². The lowest BCUT2D eigenvalue weighted by molar-refractivity contribution is 0.490. The van der Waals surface area contributed by atoms with Crippen molar-refractivity contribution in [2.75, 3.05) is 6.54 Å². The second-order valence-electron chi connectivity index (χ2n) is 3.90. The zero-order chi connectivity index (χ0) is 13.0. The Morgan fingerprint density at radius 2 is 2.17 bits per heavy atom. The normalized spacial score (nSPS) is 10.8. The van der Waals surface area contributed by atoms with Gasteiger partial charge in [0.1, 0.15) is 0 Å². The van der Waals surface area contributed by atoms with Gasteiger partial charge in [-0.25, -0.2) is 13.5 Å². The lowest BCUT2D eigenvalue weighted by Crippen LogP contribution is -2.11. The predicted octanol–water partition coefficient (Wildman–Crippen LogP) is 1.71. The highest BCUT2D eigenvalue weighted by atomic mass is 19.2. The van der Waals surface area contributed by atoms with Crippen LogP contribution >= 0.6 is 0 Å². The Morgan fingerprint density at radius 3 is 2.94 bits per heavy atom. The van der Waals surface area contributed by atoms with Crippen LogP contribution in [-0.4, -0.2) is 21.5 Å². The van der Waals surface area contributed by atoms with E-state index in [0.29, 0.717) is 6.54 Å². The van der Waals surface area contributed by atoms with Crippen LogP contribution in [0.1, 0.15) is 18.2 Å². The molecule has 2 aromatic rings. The molecule has 0 amide bonds. The monoisotopic (exact) mass is 252 g/mol. The minimum Gasteiger partial charge on any atom is -0.311 e. The Hall–Kier alpha value is -1.82. The number of hydrogen-bond donors (Lipinski definition) is 1. The van der Waals surface area contributed by atoms with Crippen LogP contribution in [0.2, 0.25) is 0 Å². The Morgan fingerprint density at radius 1 is 1.33 bits per heavy atom. The summed E-state index contributed by atoms with van der Waals surface area (Å²) in [7, 11) is 0. The SMILES string of the molecule is CCNCc1cn(Cc2cccc(F)c2F)nn1. The number of rotatable bonds is 5. The summed E-state index contributed by atoms with van der Waals surface area (Å²) in [6, 6.07) is 4.10. The number of halogens is 2. The molecule has 1 aromatic heterocycles. The molecule has 1 N–H and O–H groups in total. The molecule has 6 heteroatoms. The zero-order valence-electron chi connectivity index (χ0n) is 10.0. The maximum atomic E-state index is 13.4. The molecular formula is C12H14F2N4. The van der Waals surface area contributed by atoms with Crippen LogP contribution in [0.5, 0.6) is 0 Å². The van der Waals surface area contributed by atoms with Gasteiger partial charge in [-0.2, -0.15) is 0 Å². The molecule has 0 saturated carbocycles. The van der Waals surface area contributed by atoms with Gasteiger partial charge in [0, 0.05) is 12.1 Å². The molecule has 0 saturated heterocycles. The number of nitrogens with zero attached hydrogens (tertiary/aromatic N) is 3. The second kappa shape index (κ2) is 5.68. The predicted molar refractivity (Wildman–Crippen MR) is 62.9 cm³/mol. The summed E-state index contributed by atoms with van der Waals surface area (Å²) in [5.41, 5.74) is 1.03. The molecule has 4 nitrogen and oxygen atoms in total. The Balaban J connectivity index is 2.09. The van der Waals surface area contributed by atoms with Crippen LogP contribution in [0.15, 0.2) is 24.4 Å². The number of nitrogens with one attached hydrogen (secondary N) is 1. The molecular weight excluding hydrogens is 238 g/mol. The topological polar surface area (TPSA) is 42.7 Å². The van der Waals surface area contributed by atoms with E-state index >= 15 is 0 Å². The van der Waals surface area contributed by atoms with Gasteiger partial charge in [0.05, 0.1) is 18.4 Å². The van der Waals surface area contributed by atoms with Crippen LogP contribution in [0.3, 0.4) is 0 Å².